The first kappa shape index (κ1) is 19.9. The first-order valence-electron chi connectivity index (χ1n) is 9.73. The Kier molecular flexibility index (Phi) is 6.69. The van der Waals surface area contributed by atoms with Crippen molar-refractivity contribution in [1.29, 1.82) is 0 Å². The highest BCUT2D eigenvalue weighted by Crippen LogP contribution is 2.29. The maximum atomic E-state index is 12.3. The Morgan fingerprint density at radius 1 is 0.929 bits per heavy atom. The van der Waals surface area contributed by atoms with Gasteiger partial charge in [-0.1, -0.05) is 62.4 Å². The van der Waals surface area contributed by atoms with Crippen LogP contribution < -0.4 is 4.74 Å². The van der Waals surface area contributed by atoms with Crippen LogP contribution in [0.15, 0.2) is 54.6 Å². The van der Waals surface area contributed by atoms with Crippen molar-refractivity contribution >= 4 is 11.9 Å². The number of likely N-dealkylation sites (tertiary alicyclic amines) is 1. The van der Waals surface area contributed by atoms with E-state index < -0.39 is 5.97 Å². The number of hydrogen-bond acceptors (Lipinski definition) is 4. The minimum Gasteiger partial charge on any atom is -0.481 e. The lowest BCUT2D eigenvalue weighted by Gasteiger charge is -2.34. The summed E-state index contributed by atoms with van der Waals surface area (Å²) in [7, 11) is 0. The summed E-state index contributed by atoms with van der Waals surface area (Å²) in [6.07, 6.45) is 1.12. The predicted octanol–water partition coefficient (Wildman–Crippen LogP) is 3.78. The van der Waals surface area contributed by atoms with E-state index in [1.807, 2.05) is 54.6 Å². The van der Waals surface area contributed by atoms with Gasteiger partial charge in [0, 0.05) is 18.7 Å². The molecular formula is C23H27NO4. The molecule has 5 heteroatoms. The molecule has 1 saturated heterocycles. The number of carbonyl (C=O) groups excluding carboxylic acids is 2. The summed E-state index contributed by atoms with van der Waals surface area (Å²) in [5.41, 5.74) is 1.92. The molecule has 2 aromatic rings. The van der Waals surface area contributed by atoms with Gasteiger partial charge in [-0.25, -0.2) is 4.79 Å². The van der Waals surface area contributed by atoms with Gasteiger partial charge in [0.2, 0.25) is 0 Å². The summed E-state index contributed by atoms with van der Waals surface area (Å²) in [6, 6.07) is 17.4. The molecule has 0 N–H and O–H groups in total. The molecular weight excluding hydrogens is 354 g/mol. The maximum absolute atomic E-state index is 12.3. The molecule has 0 radical (unpaired) electrons. The minimum atomic E-state index is -0.547. The molecule has 1 heterocycles. The molecule has 1 aliphatic rings. The van der Waals surface area contributed by atoms with Gasteiger partial charge in [0.15, 0.2) is 13.2 Å². The van der Waals surface area contributed by atoms with Crippen molar-refractivity contribution in [2.24, 2.45) is 11.8 Å². The maximum Gasteiger partial charge on any atom is 0.344 e. The zero-order chi connectivity index (χ0) is 19.9. The molecule has 1 fully saturated rings. The molecule has 0 spiro atoms. The van der Waals surface area contributed by atoms with Crippen LogP contribution in [-0.2, 0) is 14.3 Å². The summed E-state index contributed by atoms with van der Waals surface area (Å²) in [6.45, 7) is 5.26. The van der Waals surface area contributed by atoms with Gasteiger partial charge in [-0.15, -0.1) is 0 Å². The third-order valence-electron chi connectivity index (χ3n) is 4.90. The van der Waals surface area contributed by atoms with E-state index in [4.69, 9.17) is 9.47 Å². The van der Waals surface area contributed by atoms with E-state index in [-0.39, 0.29) is 19.1 Å². The second-order valence-corrected chi connectivity index (χ2v) is 7.56. The summed E-state index contributed by atoms with van der Waals surface area (Å²) in [4.78, 5) is 26.2. The Bertz CT molecular complexity index is 795. The molecule has 148 valence electrons. The molecule has 2 aromatic carbocycles. The molecule has 2 unspecified atom stereocenters. The third-order valence-corrected chi connectivity index (χ3v) is 4.90. The smallest absolute Gasteiger partial charge is 0.344 e. The van der Waals surface area contributed by atoms with Gasteiger partial charge >= 0.3 is 5.97 Å². The van der Waals surface area contributed by atoms with Gasteiger partial charge < -0.3 is 14.4 Å². The normalized spacial score (nSPS) is 19.1. The minimum absolute atomic E-state index is 0.142. The lowest BCUT2D eigenvalue weighted by Crippen LogP contribution is -2.44. The van der Waals surface area contributed by atoms with Crippen molar-refractivity contribution in [3.05, 3.63) is 54.6 Å². The van der Waals surface area contributed by atoms with Crippen molar-refractivity contribution in [2.75, 3.05) is 26.3 Å². The zero-order valence-electron chi connectivity index (χ0n) is 16.5. The Morgan fingerprint density at radius 3 is 2.29 bits per heavy atom. The third kappa shape index (κ3) is 5.35. The number of carbonyl (C=O) groups is 2. The molecule has 3 rings (SSSR count). The van der Waals surface area contributed by atoms with E-state index in [1.165, 1.54) is 0 Å². The molecule has 0 saturated carbocycles. The zero-order valence-corrected chi connectivity index (χ0v) is 16.5. The largest absolute Gasteiger partial charge is 0.481 e. The highest BCUT2D eigenvalue weighted by molar-refractivity contribution is 5.81. The van der Waals surface area contributed by atoms with Crippen LogP contribution >= 0.6 is 0 Å². The van der Waals surface area contributed by atoms with E-state index in [9.17, 15) is 9.59 Å². The van der Waals surface area contributed by atoms with E-state index in [1.54, 1.807) is 4.90 Å². The molecule has 0 aliphatic carbocycles. The monoisotopic (exact) mass is 381 g/mol. The van der Waals surface area contributed by atoms with Crippen molar-refractivity contribution in [2.45, 2.75) is 20.3 Å². The quantitative estimate of drug-likeness (QED) is 0.715. The van der Waals surface area contributed by atoms with Crippen LogP contribution in [0.5, 0.6) is 5.75 Å². The molecule has 2 atom stereocenters. The van der Waals surface area contributed by atoms with Crippen LogP contribution in [0.3, 0.4) is 0 Å². The Hall–Kier alpha value is -2.82. The fraction of sp³-hybridized carbons (Fsp3) is 0.391. The van der Waals surface area contributed by atoms with Crippen LogP contribution in [-0.4, -0.2) is 43.1 Å². The van der Waals surface area contributed by atoms with Gasteiger partial charge in [0.25, 0.3) is 5.91 Å². The van der Waals surface area contributed by atoms with Gasteiger partial charge in [-0.05, 0) is 29.9 Å². The SMILES string of the molecule is CC1CC(C)CN(C(=O)COC(=O)COc2ccccc2-c2ccccc2)C1. The number of amides is 1. The second-order valence-electron chi connectivity index (χ2n) is 7.56. The Labute approximate surface area is 166 Å². The molecule has 28 heavy (non-hydrogen) atoms. The van der Waals surface area contributed by atoms with Gasteiger partial charge in [-0.2, -0.15) is 0 Å². The fourth-order valence-electron chi connectivity index (χ4n) is 3.73. The highest BCUT2D eigenvalue weighted by atomic mass is 16.6. The predicted molar refractivity (Wildman–Crippen MR) is 108 cm³/mol. The van der Waals surface area contributed by atoms with Gasteiger partial charge in [-0.3, -0.25) is 4.79 Å². The standard InChI is InChI=1S/C23H27NO4/c1-17-12-18(2)14-24(13-17)22(25)15-28-23(26)16-27-21-11-7-6-10-20(21)19-8-4-3-5-9-19/h3-11,17-18H,12-16H2,1-2H3. The topological polar surface area (TPSA) is 55.8 Å². The molecule has 0 aromatic heterocycles. The van der Waals surface area contributed by atoms with Crippen molar-refractivity contribution < 1.29 is 19.1 Å². The number of piperidine rings is 1. The summed E-state index contributed by atoms with van der Waals surface area (Å²) < 4.78 is 10.8. The van der Waals surface area contributed by atoms with Crippen molar-refractivity contribution in [1.82, 2.24) is 4.90 Å². The van der Waals surface area contributed by atoms with E-state index in [2.05, 4.69) is 13.8 Å². The number of benzene rings is 2. The van der Waals surface area contributed by atoms with E-state index in [0.717, 1.165) is 30.6 Å². The summed E-state index contributed by atoms with van der Waals surface area (Å²) >= 11 is 0. The number of hydrogen-bond donors (Lipinski definition) is 0. The average Bonchev–Trinajstić information content (AvgIpc) is 2.70. The van der Waals surface area contributed by atoms with Gasteiger partial charge in [0.1, 0.15) is 5.75 Å². The van der Waals surface area contributed by atoms with Crippen LogP contribution in [0.25, 0.3) is 11.1 Å². The number of ether oxygens (including phenoxy) is 2. The van der Waals surface area contributed by atoms with Gasteiger partial charge in [0.05, 0.1) is 0 Å². The molecule has 5 nitrogen and oxygen atoms in total. The summed E-state index contributed by atoms with van der Waals surface area (Å²) in [5.74, 6) is 0.865. The molecule has 1 aliphatic heterocycles. The van der Waals surface area contributed by atoms with Crippen LogP contribution in [0, 0.1) is 11.8 Å². The van der Waals surface area contributed by atoms with Crippen LogP contribution in [0.4, 0.5) is 0 Å². The molecule has 0 bridgehead atoms. The lowest BCUT2D eigenvalue weighted by atomic mass is 9.92. The lowest BCUT2D eigenvalue weighted by molar-refractivity contribution is -0.154. The number of nitrogens with zero attached hydrogens (tertiary/aromatic N) is 1. The molecule has 1 amide bonds. The van der Waals surface area contributed by atoms with Crippen LogP contribution in [0.1, 0.15) is 20.3 Å². The first-order valence-corrected chi connectivity index (χ1v) is 9.73. The fourth-order valence-corrected chi connectivity index (χ4v) is 3.73. The van der Waals surface area contributed by atoms with E-state index in [0.29, 0.717) is 17.6 Å². The van der Waals surface area contributed by atoms with E-state index >= 15 is 0 Å². The second kappa shape index (κ2) is 9.40. The number of para-hydroxylation sites is 1. The highest BCUT2D eigenvalue weighted by Gasteiger charge is 2.26. The average molecular weight is 381 g/mol. The van der Waals surface area contributed by atoms with Crippen molar-refractivity contribution in [3.8, 4) is 16.9 Å². The van der Waals surface area contributed by atoms with Crippen molar-refractivity contribution in [3.63, 3.8) is 0 Å². The Balaban J connectivity index is 1.51. The van der Waals surface area contributed by atoms with Crippen LogP contribution in [0.2, 0.25) is 0 Å². The number of esters is 1. The summed E-state index contributed by atoms with van der Waals surface area (Å²) in [5, 5.41) is 0. The first-order chi connectivity index (χ1) is 13.5. The Morgan fingerprint density at radius 2 is 1.57 bits per heavy atom. The number of rotatable bonds is 6.